The van der Waals surface area contributed by atoms with Gasteiger partial charge >= 0.3 is 0 Å². The number of nitrogens with zero attached hydrogens (tertiary/aromatic N) is 5. The SMILES string of the molecule is CC(C)c1nc(Sc2nnc(C(C)C)n2C)cc(C(C)(C)C)n1. The monoisotopic (exact) mass is 333 g/mol. The summed E-state index contributed by atoms with van der Waals surface area (Å²) in [5.74, 6) is 2.51. The van der Waals surface area contributed by atoms with Crippen molar-refractivity contribution in [3.63, 3.8) is 0 Å². The summed E-state index contributed by atoms with van der Waals surface area (Å²) in [6.45, 7) is 15.0. The topological polar surface area (TPSA) is 56.5 Å². The van der Waals surface area contributed by atoms with Crippen molar-refractivity contribution >= 4 is 11.8 Å². The molecule has 5 nitrogen and oxygen atoms in total. The molecule has 0 radical (unpaired) electrons. The quantitative estimate of drug-likeness (QED) is 0.781. The average molecular weight is 334 g/mol. The summed E-state index contributed by atoms with van der Waals surface area (Å²) in [5.41, 5.74) is 1.05. The van der Waals surface area contributed by atoms with Gasteiger partial charge in [-0.2, -0.15) is 0 Å². The van der Waals surface area contributed by atoms with E-state index >= 15 is 0 Å². The Morgan fingerprint density at radius 2 is 1.65 bits per heavy atom. The van der Waals surface area contributed by atoms with Gasteiger partial charge in [0.15, 0.2) is 5.16 Å². The van der Waals surface area contributed by atoms with Crippen molar-refractivity contribution in [2.24, 2.45) is 7.05 Å². The van der Waals surface area contributed by atoms with E-state index in [1.165, 1.54) is 0 Å². The van der Waals surface area contributed by atoms with Crippen LogP contribution in [-0.2, 0) is 12.5 Å². The molecule has 0 aliphatic heterocycles. The molecule has 0 atom stereocenters. The van der Waals surface area contributed by atoms with Crippen molar-refractivity contribution in [1.82, 2.24) is 24.7 Å². The van der Waals surface area contributed by atoms with Crippen LogP contribution in [0.1, 0.15) is 77.6 Å². The highest BCUT2D eigenvalue weighted by atomic mass is 32.2. The van der Waals surface area contributed by atoms with E-state index in [0.29, 0.717) is 11.8 Å². The first-order valence-electron chi connectivity index (χ1n) is 8.06. The summed E-state index contributed by atoms with van der Waals surface area (Å²) >= 11 is 1.55. The number of aromatic nitrogens is 5. The van der Waals surface area contributed by atoms with E-state index < -0.39 is 0 Å². The Morgan fingerprint density at radius 3 is 2.13 bits per heavy atom. The smallest absolute Gasteiger partial charge is 0.197 e. The summed E-state index contributed by atoms with van der Waals surface area (Å²) < 4.78 is 2.04. The fourth-order valence-corrected chi connectivity index (χ4v) is 2.96. The Kier molecular flexibility index (Phi) is 5.14. The summed E-state index contributed by atoms with van der Waals surface area (Å²) in [6.07, 6.45) is 0. The number of rotatable bonds is 4. The van der Waals surface area contributed by atoms with Gasteiger partial charge in [-0.1, -0.05) is 48.5 Å². The lowest BCUT2D eigenvalue weighted by molar-refractivity contribution is 0.553. The van der Waals surface area contributed by atoms with Gasteiger partial charge in [-0.05, 0) is 17.8 Å². The molecule has 0 aliphatic rings. The lowest BCUT2D eigenvalue weighted by Gasteiger charge is -2.20. The molecule has 0 spiro atoms. The predicted molar refractivity (Wildman–Crippen MR) is 94.0 cm³/mol. The van der Waals surface area contributed by atoms with Gasteiger partial charge in [0.1, 0.15) is 16.7 Å². The van der Waals surface area contributed by atoms with Crippen molar-refractivity contribution in [3.8, 4) is 0 Å². The molecule has 0 saturated carbocycles. The van der Waals surface area contributed by atoms with Crippen molar-refractivity contribution in [3.05, 3.63) is 23.4 Å². The highest BCUT2D eigenvalue weighted by Gasteiger charge is 2.20. The molecule has 2 heterocycles. The van der Waals surface area contributed by atoms with Crippen LogP contribution >= 0.6 is 11.8 Å². The molecule has 0 fully saturated rings. The van der Waals surface area contributed by atoms with E-state index in [0.717, 1.165) is 27.5 Å². The van der Waals surface area contributed by atoms with Gasteiger partial charge in [0.2, 0.25) is 0 Å². The highest BCUT2D eigenvalue weighted by Crippen LogP contribution is 2.30. The van der Waals surface area contributed by atoms with Gasteiger partial charge in [0.25, 0.3) is 0 Å². The molecule has 0 saturated heterocycles. The normalized spacial score (nSPS) is 12.4. The molecule has 0 N–H and O–H groups in total. The van der Waals surface area contributed by atoms with E-state index in [4.69, 9.17) is 9.97 Å². The van der Waals surface area contributed by atoms with Gasteiger partial charge in [0, 0.05) is 24.3 Å². The Labute approximate surface area is 143 Å². The Hall–Kier alpha value is -1.43. The van der Waals surface area contributed by atoms with Crippen molar-refractivity contribution in [2.75, 3.05) is 0 Å². The van der Waals surface area contributed by atoms with Crippen molar-refractivity contribution in [2.45, 2.75) is 75.9 Å². The first-order valence-corrected chi connectivity index (χ1v) is 8.87. The van der Waals surface area contributed by atoms with Crippen molar-refractivity contribution < 1.29 is 0 Å². The van der Waals surface area contributed by atoms with Crippen LogP contribution in [0.15, 0.2) is 16.2 Å². The van der Waals surface area contributed by atoms with Crippen molar-refractivity contribution in [1.29, 1.82) is 0 Å². The minimum Gasteiger partial charge on any atom is -0.309 e. The first kappa shape index (κ1) is 17.9. The zero-order valence-electron chi connectivity index (χ0n) is 15.4. The van der Waals surface area contributed by atoms with Gasteiger partial charge in [-0.15, -0.1) is 10.2 Å². The minimum absolute atomic E-state index is 0.00906. The first-order chi connectivity index (χ1) is 10.6. The van der Waals surface area contributed by atoms with Crippen LogP contribution in [0.3, 0.4) is 0 Å². The van der Waals surface area contributed by atoms with Gasteiger partial charge in [0.05, 0.1) is 5.69 Å². The summed E-state index contributed by atoms with van der Waals surface area (Å²) in [6, 6.07) is 2.07. The molecular formula is C17H27N5S. The lowest BCUT2D eigenvalue weighted by Crippen LogP contribution is -2.16. The second-order valence-electron chi connectivity index (χ2n) is 7.51. The zero-order valence-corrected chi connectivity index (χ0v) is 16.2. The van der Waals surface area contributed by atoms with Crippen LogP contribution in [0.4, 0.5) is 0 Å². The molecule has 2 aromatic heterocycles. The lowest BCUT2D eigenvalue weighted by atomic mass is 9.92. The van der Waals surface area contributed by atoms with Crippen LogP contribution in [0.25, 0.3) is 0 Å². The van der Waals surface area contributed by atoms with Crippen LogP contribution in [0, 0.1) is 0 Å². The average Bonchev–Trinajstić information content (AvgIpc) is 2.79. The molecular weight excluding hydrogens is 306 g/mol. The standard InChI is InChI=1S/C17H27N5S/c1-10(2)14-18-12(17(5,6)7)9-13(19-14)23-16-21-20-15(11(3)4)22(16)8/h9-11H,1-8H3. The van der Waals surface area contributed by atoms with Crippen LogP contribution in [-0.4, -0.2) is 24.7 Å². The third-order valence-corrected chi connectivity index (χ3v) is 4.54. The van der Waals surface area contributed by atoms with Crippen LogP contribution < -0.4 is 0 Å². The van der Waals surface area contributed by atoms with Gasteiger partial charge < -0.3 is 4.57 Å². The molecule has 6 heteroatoms. The molecule has 0 amide bonds. The number of hydrogen-bond donors (Lipinski definition) is 0. The molecule has 2 aromatic rings. The molecule has 126 valence electrons. The Bertz CT molecular complexity index is 683. The van der Waals surface area contributed by atoms with Gasteiger partial charge in [-0.3, -0.25) is 0 Å². The predicted octanol–water partition coefficient (Wildman–Crippen LogP) is 4.30. The fourth-order valence-electron chi connectivity index (χ4n) is 2.15. The fraction of sp³-hybridized carbons (Fsp3) is 0.647. The molecule has 0 bridgehead atoms. The molecule has 2 rings (SSSR count). The highest BCUT2D eigenvalue weighted by molar-refractivity contribution is 7.99. The largest absolute Gasteiger partial charge is 0.309 e. The third-order valence-electron chi connectivity index (χ3n) is 3.59. The third kappa shape index (κ3) is 4.10. The summed E-state index contributed by atoms with van der Waals surface area (Å²) in [4.78, 5) is 9.44. The molecule has 0 aliphatic carbocycles. The molecule has 23 heavy (non-hydrogen) atoms. The molecule has 0 unspecified atom stereocenters. The zero-order chi connectivity index (χ0) is 17.4. The minimum atomic E-state index is -0.00906. The Morgan fingerprint density at radius 1 is 1.00 bits per heavy atom. The van der Waals surface area contributed by atoms with E-state index in [-0.39, 0.29) is 5.41 Å². The maximum absolute atomic E-state index is 4.73. The summed E-state index contributed by atoms with van der Waals surface area (Å²) in [7, 11) is 2.01. The second kappa shape index (κ2) is 6.59. The Balaban J connectivity index is 2.41. The van der Waals surface area contributed by atoms with E-state index in [1.54, 1.807) is 11.8 Å². The van der Waals surface area contributed by atoms with Crippen LogP contribution in [0.2, 0.25) is 0 Å². The van der Waals surface area contributed by atoms with E-state index in [2.05, 4.69) is 64.7 Å². The maximum atomic E-state index is 4.73. The van der Waals surface area contributed by atoms with Crippen LogP contribution in [0.5, 0.6) is 0 Å². The summed E-state index contributed by atoms with van der Waals surface area (Å²) in [5, 5.41) is 10.4. The molecule has 0 aromatic carbocycles. The number of hydrogen-bond acceptors (Lipinski definition) is 5. The second-order valence-corrected chi connectivity index (χ2v) is 8.50. The maximum Gasteiger partial charge on any atom is 0.197 e. The van der Waals surface area contributed by atoms with Gasteiger partial charge in [-0.25, -0.2) is 9.97 Å². The van der Waals surface area contributed by atoms with E-state index in [9.17, 15) is 0 Å². The van der Waals surface area contributed by atoms with E-state index in [1.807, 2.05) is 11.6 Å².